The Morgan fingerprint density at radius 1 is 1.20 bits per heavy atom. The first kappa shape index (κ1) is 17.4. The summed E-state index contributed by atoms with van der Waals surface area (Å²) in [5.74, 6) is 0.824. The molecule has 3 aromatic rings. The lowest BCUT2D eigenvalue weighted by atomic mass is 10.2. The fraction of sp³-hybridized carbons (Fsp3) is 0.0556. The molecular formula is C18H14BrClN2O3. The maximum atomic E-state index is 12.4. The van der Waals surface area contributed by atoms with Crippen LogP contribution in [0.15, 0.2) is 57.4 Å². The van der Waals surface area contributed by atoms with Crippen molar-refractivity contribution >= 4 is 44.8 Å². The van der Waals surface area contributed by atoms with Gasteiger partial charge >= 0.3 is 0 Å². The van der Waals surface area contributed by atoms with Crippen LogP contribution in [0.25, 0.3) is 11.3 Å². The molecule has 0 bridgehead atoms. The number of hydrogen-bond acceptors (Lipinski definition) is 4. The third-order valence-corrected chi connectivity index (χ3v) is 4.39. The van der Waals surface area contributed by atoms with Crippen molar-refractivity contribution in [3.63, 3.8) is 0 Å². The summed E-state index contributed by atoms with van der Waals surface area (Å²) >= 11 is 9.38. The van der Waals surface area contributed by atoms with Crippen LogP contribution in [0, 0.1) is 0 Å². The summed E-state index contributed by atoms with van der Waals surface area (Å²) in [5, 5.41) is 3.34. The van der Waals surface area contributed by atoms with Gasteiger partial charge < -0.3 is 20.2 Å². The number of anilines is 2. The van der Waals surface area contributed by atoms with Crippen molar-refractivity contribution in [3.05, 3.63) is 63.8 Å². The fourth-order valence-corrected chi connectivity index (χ4v) is 3.18. The van der Waals surface area contributed by atoms with Gasteiger partial charge in [-0.2, -0.15) is 0 Å². The lowest BCUT2D eigenvalue weighted by Gasteiger charge is -2.10. The van der Waals surface area contributed by atoms with Gasteiger partial charge in [-0.3, -0.25) is 4.79 Å². The molecule has 0 spiro atoms. The second-order valence-corrected chi connectivity index (χ2v) is 6.49. The van der Waals surface area contributed by atoms with E-state index in [1.54, 1.807) is 42.5 Å². The molecular weight excluding hydrogens is 408 g/mol. The Bertz CT molecular complexity index is 940. The van der Waals surface area contributed by atoms with Gasteiger partial charge in [0.15, 0.2) is 5.76 Å². The first-order chi connectivity index (χ1) is 12.0. The molecule has 128 valence electrons. The molecule has 0 atom stereocenters. The Labute approximate surface area is 157 Å². The van der Waals surface area contributed by atoms with Crippen LogP contribution in [-0.2, 0) is 0 Å². The van der Waals surface area contributed by atoms with Crippen molar-refractivity contribution in [2.45, 2.75) is 0 Å². The SMILES string of the molecule is COc1ccc(N)cc1NC(=O)c1ccc(-c2ccc(Cl)cc2Br)o1. The average molecular weight is 422 g/mol. The van der Waals surface area contributed by atoms with Gasteiger partial charge in [0, 0.05) is 20.7 Å². The lowest BCUT2D eigenvalue weighted by molar-refractivity contribution is 0.0997. The van der Waals surface area contributed by atoms with Crippen molar-refractivity contribution in [1.29, 1.82) is 0 Å². The van der Waals surface area contributed by atoms with E-state index in [-0.39, 0.29) is 5.76 Å². The number of furan rings is 1. The summed E-state index contributed by atoms with van der Waals surface area (Å²) in [5.41, 5.74) is 7.54. The van der Waals surface area contributed by atoms with E-state index < -0.39 is 5.91 Å². The third kappa shape index (κ3) is 3.81. The summed E-state index contributed by atoms with van der Waals surface area (Å²) in [6.45, 7) is 0. The Kier molecular flexibility index (Phi) is 5.01. The van der Waals surface area contributed by atoms with E-state index in [9.17, 15) is 4.79 Å². The van der Waals surface area contributed by atoms with Gasteiger partial charge in [0.05, 0.1) is 12.8 Å². The van der Waals surface area contributed by atoms with Gasteiger partial charge in [0.25, 0.3) is 5.91 Å². The number of methoxy groups -OCH3 is 1. The second-order valence-electron chi connectivity index (χ2n) is 5.20. The molecule has 1 heterocycles. The zero-order chi connectivity index (χ0) is 18.0. The van der Waals surface area contributed by atoms with Crippen molar-refractivity contribution < 1.29 is 13.9 Å². The highest BCUT2D eigenvalue weighted by atomic mass is 79.9. The van der Waals surface area contributed by atoms with Crippen molar-refractivity contribution in [2.24, 2.45) is 0 Å². The number of rotatable bonds is 4. The molecule has 7 heteroatoms. The number of carbonyl (C=O) groups excluding carboxylic acids is 1. The third-order valence-electron chi connectivity index (χ3n) is 3.50. The standard InChI is InChI=1S/C18H14BrClN2O3/c1-24-16-5-3-11(21)9-14(16)22-18(23)17-7-6-15(25-17)12-4-2-10(20)8-13(12)19/h2-9H,21H2,1H3,(H,22,23). The van der Waals surface area contributed by atoms with Crippen molar-refractivity contribution in [1.82, 2.24) is 0 Å². The Morgan fingerprint density at radius 2 is 2.00 bits per heavy atom. The molecule has 0 aliphatic carbocycles. The van der Waals surface area contributed by atoms with Gasteiger partial charge in [0.1, 0.15) is 11.5 Å². The zero-order valence-electron chi connectivity index (χ0n) is 13.2. The zero-order valence-corrected chi connectivity index (χ0v) is 15.5. The van der Waals surface area contributed by atoms with E-state index in [4.69, 9.17) is 26.5 Å². The van der Waals surface area contributed by atoms with Crippen LogP contribution >= 0.6 is 27.5 Å². The molecule has 2 aromatic carbocycles. The van der Waals surface area contributed by atoms with Crippen LogP contribution in [-0.4, -0.2) is 13.0 Å². The predicted octanol–water partition coefficient (Wildman–Crippen LogP) is 5.21. The molecule has 25 heavy (non-hydrogen) atoms. The normalized spacial score (nSPS) is 10.5. The van der Waals surface area contributed by atoms with Crippen LogP contribution in [0.3, 0.4) is 0 Å². The van der Waals surface area contributed by atoms with Crippen LogP contribution in [0.1, 0.15) is 10.6 Å². The molecule has 0 saturated carbocycles. The number of nitrogens with one attached hydrogen (secondary N) is 1. The smallest absolute Gasteiger partial charge is 0.291 e. The summed E-state index contributed by atoms with van der Waals surface area (Å²) < 4.78 is 11.7. The number of carbonyl (C=O) groups is 1. The summed E-state index contributed by atoms with van der Waals surface area (Å²) in [6.07, 6.45) is 0. The van der Waals surface area contributed by atoms with Gasteiger partial charge in [0.2, 0.25) is 0 Å². The highest BCUT2D eigenvalue weighted by molar-refractivity contribution is 9.10. The summed E-state index contributed by atoms with van der Waals surface area (Å²) in [4.78, 5) is 12.4. The van der Waals surface area contributed by atoms with Crippen molar-refractivity contribution in [2.75, 3.05) is 18.2 Å². The summed E-state index contributed by atoms with van der Waals surface area (Å²) in [6, 6.07) is 13.6. The van der Waals surface area contributed by atoms with Crippen LogP contribution in [0.5, 0.6) is 5.75 Å². The fourth-order valence-electron chi connectivity index (χ4n) is 2.30. The van der Waals surface area contributed by atoms with Crippen LogP contribution < -0.4 is 15.8 Å². The largest absolute Gasteiger partial charge is 0.495 e. The van der Waals surface area contributed by atoms with E-state index in [0.717, 1.165) is 10.0 Å². The highest BCUT2D eigenvalue weighted by Crippen LogP contribution is 2.32. The Morgan fingerprint density at radius 3 is 2.72 bits per heavy atom. The predicted molar refractivity (Wildman–Crippen MR) is 102 cm³/mol. The quantitative estimate of drug-likeness (QED) is 0.567. The molecule has 0 unspecified atom stereocenters. The minimum absolute atomic E-state index is 0.168. The van der Waals surface area contributed by atoms with Crippen LogP contribution in [0.4, 0.5) is 11.4 Å². The molecule has 0 aliphatic rings. The molecule has 0 fully saturated rings. The van der Waals surface area contributed by atoms with Gasteiger partial charge in [-0.25, -0.2) is 0 Å². The first-order valence-corrected chi connectivity index (χ1v) is 8.45. The maximum Gasteiger partial charge on any atom is 0.291 e. The van der Waals surface area contributed by atoms with Crippen molar-refractivity contribution in [3.8, 4) is 17.1 Å². The van der Waals surface area contributed by atoms with E-state index in [2.05, 4.69) is 21.2 Å². The number of halogens is 2. The molecule has 0 saturated heterocycles. The number of hydrogen-bond donors (Lipinski definition) is 2. The molecule has 3 rings (SSSR count). The molecule has 1 aromatic heterocycles. The molecule has 1 amide bonds. The molecule has 3 N–H and O–H groups in total. The number of amides is 1. The topological polar surface area (TPSA) is 77.5 Å². The average Bonchev–Trinajstić information content (AvgIpc) is 3.05. The monoisotopic (exact) mass is 420 g/mol. The number of ether oxygens (including phenoxy) is 1. The number of benzene rings is 2. The van der Waals surface area contributed by atoms with Gasteiger partial charge in [-0.1, -0.05) is 11.6 Å². The number of nitrogen functional groups attached to an aromatic ring is 1. The molecule has 0 radical (unpaired) electrons. The molecule has 0 aliphatic heterocycles. The van der Waals surface area contributed by atoms with Gasteiger partial charge in [-0.15, -0.1) is 0 Å². The lowest BCUT2D eigenvalue weighted by Crippen LogP contribution is -2.12. The minimum atomic E-state index is -0.403. The molecule has 5 nitrogen and oxygen atoms in total. The Hall–Kier alpha value is -2.44. The van der Waals surface area contributed by atoms with Gasteiger partial charge in [-0.05, 0) is 64.5 Å². The maximum absolute atomic E-state index is 12.4. The van der Waals surface area contributed by atoms with E-state index in [0.29, 0.717) is 27.9 Å². The van der Waals surface area contributed by atoms with E-state index in [1.807, 2.05) is 6.07 Å². The number of nitrogens with two attached hydrogens (primary N) is 1. The van der Waals surface area contributed by atoms with E-state index >= 15 is 0 Å². The van der Waals surface area contributed by atoms with Crippen LogP contribution in [0.2, 0.25) is 5.02 Å². The van der Waals surface area contributed by atoms with E-state index in [1.165, 1.54) is 7.11 Å². The highest BCUT2D eigenvalue weighted by Gasteiger charge is 2.16. The summed E-state index contributed by atoms with van der Waals surface area (Å²) in [7, 11) is 1.52. The minimum Gasteiger partial charge on any atom is -0.495 e. The second kappa shape index (κ2) is 7.21. The first-order valence-electron chi connectivity index (χ1n) is 7.28. The Balaban J connectivity index is 1.85.